The van der Waals surface area contributed by atoms with Crippen LogP contribution in [0.2, 0.25) is 0 Å². The monoisotopic (exact) mass is 374 g/mol. The largest absolute Gasteiger partial charge is 0.416 e. The number of halogens is 3. The Morgan fingerprint density at radius 3 is 2.15 bits per heavy atom. The van der Waals surface area contributed by atoms with Crippen LogP contribution in [0.1, 0.15) is 11.1 Å². The first-order chi connectivity index (χ1) is 12.4. The molecule has 0 saturated heterocycles. The summed E-state index contributed by atoms with van der Waals surface area (Å²) in [6.45, 7) is 1.98. The Hall–Kier alpha value is -2.60. The second kappa shape index (κ2) is 7.74. The zero-order valence-electron chi connectivity index (χ0n) is 14.0. The van der Waals surface area contributed by atoms with Crippen molar-refractivity contribution in [3.8, 4) is 0 Å². The maximum absolute atomic E-state index is 13.1. The van der Waals surface area contributed by atoms with Gasteiger partial charge >= 0.3 is 6.18 Å². The first kappa shape index (κ1) is 18.2. The summed E-state index contributed by atoms with van der Waals surface area (Å²) in [5.41, 5.74) is 2.18. The van der Waals surface area contributed by atoms with Gasteiger partial charge in [0.15, 0.2) is 0 Å². The number of nitrogens with one attached hydrogen (secondary N) is 2. The van der Waals surface area contributed by atoms with Crippen molar-refractivity contribution < 1.29 is 13.2 Å². The van der Waals surface area contributed by atoms with Gasteiger partial charge in [-0.15, -0.1) is 0 Å². The standard InChI is InChI=1S/C20H17F3N2S/c1-14-7-10-17(11-8-14)26-25-19-13-15(20(21,22)23)9-12-18(19)24-16-5-3-2-4-6-16/h2-13,24-25H,1H3. The molecular weight excluding hydrogens is 357 g/mol. The van der Waals surface area contributed by atoms with Crippen molar-refractivity contribution in [2.75, 3.05) is 10.0 Å². The van der Waals surface area contributed by atoms with E-state index < -0.39 is 11.7 Å². The summed E-state index contributed by atoms with van der Waals surface area (Å²) in [4.78, 5) is 0.915. The number of rotatable bonds is 5. The number of benzene rings is 3. The molecule has 0 heterocycles. The van der Waals surface area contributed by atoms with Gasteiger partial charge in [-0.1, -0.05) is 35.9 Å². The van der Waals surface area contributed by atoms with E-state index in [4.69, 9.17) is 0 Å². The second-order valence-electron chi connectivity index (χ2n) is 5.77. The Morgan fingerprint density at radius 2 is 1.50 bits per heavy atom. The van der Waals surface area contributed by atoms with Crippen LogP contribution in [0.3, 0.4) is 0 Å². The van der Waals surface area contributed by atoms with Crippen LogP contribution in [0.25, 0.3) is 0 Å². The SMILES string of the molecule is Cc1ccc(SNc2cc(C(F)(F)F)ccc2Nc2ccccc2)cc1. The van der Waals surface area contributed by atoms with Gasteiger partial charge in [-0.05, 0) is 61.3 Å². The fraction of sp³-hybridized carbons (Fsp3) is 0.100. The third kappa shape index (κ3) is 4.73. The van der Waals surface area contributed by atoms with Crippen molar-refractivity contribution in [1.29, 1.82) is 0 Å². The van der Waals surface area contributed by atoms with Crippen molar-refractivity contribution in [1.82, 2.24) is 0 Å². The summed E-state index contributed by atoms with van der Waals surface area (Å²) in [5, 5.41) is 3.15. The number of alkyl halides is 3. The lowest BCUT2D eigenvalue weighted by Crippen LogP contribution is -2.06. The van der Waals surface area contributed by atoms with E-state index in [1.807, 2.05) is 61.5 Å². The molecule has 0 fully saturated rings. The summed E-state index contributed by atoms with van der Waals surface area (Å²) < 4.78 is 42.3. The van der Waals surface area contributed by atoms with E-state index in [0.29, 0.717) is 11.4 Å². The Morgan fingerprint density at radius 1 is 0.808 bits per heavy atom. The lowest BCUT2D eigenvalue weighted by molar-refractivity contribution is -0.137. The van der Waals surface area contributed by atoms with Crippen LogP contribution in [-0.2, 0) is 6.18 Å². The van der Waals surface area contributed by atoms with Gasteiger partial charge in [-0.3, -0.25) is 0 Å². The van der Waals surface area contributed by atoms with Gasteiger partial charge in [-0.25, -0.2) is 0 Å². The zero-order chi connectivity index (χ0) is 18.6. The molecule has 0 aliphatic rings. The molecule has 0 radical (unpaired) electrons. The highest BCUT2D eigenvalue weighted by Crippen LogP contribution is 2.36. The van der Waals surface area contributed by atoms with Crippen LogP contribution in [0, 0.1) is 6.92 Å². The Labute approximate surface area is 154 Å². The first-order valence-electron chi connectivity index (χ1n) is 7.95. The van der Waals surface area contributed by atoms with Gasteiger partial charge in [0.1, 0.15) is 0 Å². The number of aryl methyl sites for hydroxylation is 1. The summed E-state index contributed by atoms with van der Waals surface area (Å²) >= 11 is 1.27. The Kier molecular flexibility index (Phi) is 5.42. The quantitative estimate of drug-likeness (QED) is 0.476. The van der Waals surface area contributed by atoms with E-state index >= 15 is 0 Å². The molecule has 2 nitrogen and oxygen atoms in total. The predicted octanol–water partition coefficient (Wildman–Crippen LogP) is 6.88. The van der Waals surface area contributed by atoms with Crippen LogP contribution in [0.5, 0.6) is 0 Å². The van der Waals surface area contributed by atoms with Crippen molar-refractivity contribution in [3.63, 3.8) is 0 Å². The minimum Gasteiger partial charge on any atom is -0.354 e. The molecule has 3 rings (SSSR count). The van der Waals surface area contributed by atoms with E-state index in [9.17, 15) is 13.2 Å². The van der Waals surface area contributed by atoms with E-state index in [2.05, 4.69) is 10.0 Å². The number of hydrogen-bond donors (Lipinski definition) is 2. The molecular formula is C20H17F3N2S. The molecule has 3 aromatic rings. The van der Waals surface area contributed by atoms with E-state index in [1.165, 1.54) is 18.0 Å². The molecule has 26 heavy (non-hydrogen) atoms. The van der Waals surface area contributed by atoms with Gasteiger partial charge in [-0.2, -0.15) is 13.2 Å². The van der Waals surface area contributed by atoms with Crippen LogP contribution in [0.4, 0.5) is 30.2 Å². The highest BCUT2D eigenvalue weighted by molar-refractivity contribution is 8.00. The molecule has 3 aromatic carbocycles. The molecule has 2 N–H and O–H groups in total. The lowest BCUT2D eigenvalue weighted by atomic mass is 10.1. The minimum atomic E-state index is -4.39. The highest BCUT2D eigenvalue weighted by Gasteiger charge is 2.31. The number of anilines is 3. The van der Waals surface area contributed by atoms with Crippen molar-refractivity contribution in [2.24, 2.45) is 0 Å². The van der Waals surface area contributed by atoms with Gasteiger partial charge in [0.2, 0.25) is 0 Å². The molecule has 0 spiro atoms. The number of hydrogen-bond acceptors (Lipinski definition) is 3. The van der Waals surface area contributed by atoms with E-state index in [-0.39, 0.29) is 0 Å². The third-order valence-corrected chi connectivity index (χ3v) is 4.53. The highest BCUT2D eigenvalue weighted by atomic mass is 32.2. The van der Waals surface area contributed by atoms with E-state index in [0.717, 1.165) is 28.3 Å². The maximum atomic E-state index is 13.1. The van der Waals surface area contributed by atoms with Crippen molar-refractivity contribution in [2.45, 2.75) is 18.0 Å². The van der Waals surface area contributed by atoms with Crippen LogP contribution < -0.4 is 10.0 Å². The van der Waals surface area contributed by atoms with Crippen LogP contribution >= 0.6 is 11.9 Å². The fourth-order valence-electron chi connectivity index (χ4n) is 2.31. The normalized spacial score (nSPS) is 11.2. The summed E-state index contributed by atoms with van der Waals surface area (Å²) in [7, 11) is 0. The van der Waals surface area contributed by atoms with Crippen molar-refractivity contribution >= 4 is 29.0 Å². The Bertz CT molecular complexity index is 862. The zero-order valence-corrected chi connectivity index (χ0v) is 14.8. The van der Waals surface area contributed by atoms with Gasteiger partial charge in [0, 0.05) is 10.6 Å². The molecule has 0 amide bonds. The molecule has 0 aromatic heterocycles. The van der Waals surface area contributed by atoms with Gasteiger partial charge in [0.25, 0.3) is 0 Å². The minimum absolute atomic E-state index is 0.370. The van der Waals surface area contributed by atoms with Gasteiger partial charge < -0.3 is 10.0 Å². The summed E-state index contributed by atoms with van der Waals surface area (Å²) in [6.07, 6.45) is -4.39. The molecule has 134 valence electrons. The molecule has 0 unspecified atom stereocenters. The van der Waals surface area contributed by atoms with Gasteiger partial charge in [0.05, 0.1) is 16.9 Å². The molecule has 0 bridgehead atoms. The molecule has 0 aliphatic heterocycles. The predicted molar refractivity (Wildman–Crippen MR) is 102 cm³/mol. The third-order valence-electron chi connectivity index (χ3n) is 3.70. The average Bonchev–Trinajstić information content (AvgIpc) is 2.62. The maximum Gasteiger partial charge on any atom is 0.416 e. The Balaban J connectivity index is 1.86. The summed E-state index contributed by atoms with van der Waals surface area (Å²) in [5.74, 6) is 0. The van der Waals surface area contributed by atoms with Crippen LogP contribution in [0.15, 0.2) is 77.7 Å². The summed E-state index contributed by atoms with van der Waals surface area (Å²) in [6, 6.07) is 20.7. The topological polar surface area (TPSA) is 24.1 Å². The first-order valence-corrected chi connectivity index (χ1v) is 8.76. The molecule has 6 heteroatoms. The smallest absolute Gasteiger partial charge is 0.354 e. The molecule has 0 atom stereocenters. The molecule has 0 aliphatic carbocycles. The second-order valence-corrected chi connectivity index (χ2v) is 6.65. The average molecular weight is 374 g/mol. The van der Waals surface area contributed by atoms with Crippen molar-refractivity contribution in [3.05, 3.63) is 83.9 Å². The number of para-hydroxylation sites is 1. The molecule has 0 saturated carbocycles. The van der Waals surface area contributed by atoms with E-state index in [1.54, 1.807) is 0 Å². The lowest BCUT2D eigenvalue weighted by Gasteiger charge is -2.16. The van der Waals surface area contributed by atoms with Crippen LogP contribution in [-0.4, -0.2) is 0 Å². The fourth-order valence-corrected chi connectivity index (χ4v) is 2.98.